The molecule has 2 fully saturated rings. The highest BCUT2D eigenvalue weighted by Gasteiger charge is 2.55. The van der Waals surface area contributed by atoms with Gasteiger partial charge >= 0.3 is 5.97 Å². The molecule has 0 spiro atoms. The van der Waals surface area contributed by atoms with Crippen molar-refractivity contribution < 1.29 is 23.1 Å². The second-order valence-electron chi connectivity index (χ2n) is 8.62. The number of aliphatic carboxylic acids is 1. The van der Waals surface area contributed by atoms with Gasteiger partial charge in [-0.3, -0.25) is 9.59 Å². The third-order valence-electron chi connectivity index (χ3n) is 5.44. The van der Waals surface area contributed by atoms with Crippen LogP contribution in [0.3, 0.4) is 0 Å². The van der Waals surface area contributed by atoms with Gasteiger partial charge in [0.25, 0.3) is 5.91 Å². The van der Waals surface area contributed by atoms with Crippen LogP contribution >= 0.6 is 0 Å². The zero-order valence-electron chi connectivity index (χ0n) is 15.9. The minimum atomic E-state index is -3.67. The van der Waals surface area contributed by atoms with E-state index in [1.165, 1.54) is 24.3 Å². The fourth-order valence-electron chi connectivity index (χ4n) is 4.21. The number of sulfonamides is 1. The van der Waals surface area contributed by atoms with Crippen LogP contribution in [-0.4, -0.2) is 48.9 Å². The molecule has 1 heterocycles. The fourth-order valence-corrected chi connectivity index (χ4v) is 5.63. The third kappa shape index (κ3) is 3.73. The summed E-state index contributed by atoms with van der Waals surface area (Å²) in [6.07, 6.45) is 2.31. The monoisotopic (exact) mass is 394 g/mol. The van der Waals surface area contributed by atoms with Crippen molar-refractivity contribution in [1.29, 1.82) is 0 Å². The van der Waals surface area contributed by atoms with Gasteiger partial charge in [0, 0.05) is 24.2 Å². The van der Waals surface area contributed by atoms with Gasteiger partial charge in [0.2, 0.25) is 10.0 Å². The van der Waals surface area contributed by atoms with Crippen molar-refractivity contribution in [3.63, 3.8) is 0 Å². The van der Waals surface area contributed by atoms with Gasteiger partial charge in [0.1, 0.15) is 0 Å². The van der Waals surface area contributed by atoms with E-state index in [2.05, 4.69) is 4.72 Å². The number of carboxylic acid groups (broad SMARTS) is 1. The number of fused-ring (bicyclic) bond motifs is 1. The van der Waals surface area contributed by atoms with E-state index in [4.69, 9.17) is 0 Å². The normalized spacial score (nSPS) is 25.4. The maximum atomic E-state index is 12.8. The first-order chi connectivity index (χ1) is 12.4. The van der Waals surface area contributed by atoms with Crippen LogP contribution in [0, 0.1) is 11.3 Å². The van der Waals surface area contributed by atoms with Gasteiger partial charge in [-0.15, -0.1) is 0 Å². The highest BCUT2D eigenvalue weighted by atomic mass is 32.2. The summed E-state index contributed by atoms with van der Waals surface area (Å²) in [6.45, 7) is 5.93. The van der Waals surface area contributed by atoms with Crippen LogP contribution in [0.1, 0.15) is 50.4 Å². The Morgan fingerprint density at radius 3 is 2.37 bits per heavy atom. The van der Waals surface area contributed by atoms with E-state index in [-0.39, 0.29) is 23.3 Å². The molecule has 1 aromatic carbocycles. The van der Waals surface area contributed by atoms with Crippen molar-refractivity contribution in [3.05, 3.63) is 29.8 Å². The summed E-state index contributed by atoms with van der Waals surface area (Å²) >= 11 is 0. The summed E-state index contributed by atoms with van der Waals surface area (Å²) in [6, 6.07) is 5.79. The molecule has 0 unspecified atom stereocenters. The molecule has 27 heavy (non-hydrogen) atoms. The average molecular weight is 394 g/mol. The smallest absolute Gasteiger partial charge is 0.311 e. The van der Waals surface area contributed by atoms with Crippen molar-refractivity contribution in [3.8, 4) is 0 Å². The molecular formula is C19H26N2O5S. The lowest BCUT2D eigenvalue weighted by Crippen LogP contribution is -2.40. The van der Waals surface area contributed by atoms with Crippen molar-refractivity contribution in [2.24, 2.45) is 11.3 Å². The van der Waals surface area contributed by atoms with Crippen LogP contribution in [0.15, 0.2) is 29.2 Å². The van der Waals surface area contributed by atoms with Crippen LogP contribution in [0.4, 0.5) is 0 Å². The molecule has 7 nitrogen and oxygen atoms in total. The second-order valence-corrected chi connectivity index (χ2v) is 10.3. The van der Waals surface area contributed by atoms with Crippen molar-refractivity contribution >= 4 is 21.9 Å². The topological polar surface area (TPSA) is 104 Å². The van der Waals surface area contributed by atoms with Gasteiger partial charge in [-0.2, -0.15) is 0 Å². The minimum Gasteiger partial charge on any atom is -0.481 e. The van der Waals surface area contributed by atoms with Gasteiger partial charge < -0.3 is 10.0 Å². The molecule has 1 saturated carbocycles. The zero-order chi connectivity index (χ0) is 20.0. The molecule has 8 heteroatoms. The zero-order valence-corrected chi connectivity index (χ0v) is 16.7. The summed E-state index contributed by atoms with van der Waals surface area (Å²) in [7, 11) is -3.67. The third-order valence-corrected chi connectivity index (χ3v) is 7.21. The van der Waals surface area contributed by atoms with Gasteiger partial charge in [-0.05, 0) is 63.8 Å². The Kier molecular flexibility index (Phi) is 4.84. The molecule has 1 aliphatic heterocycles. The first-order valence-corrected chi connectivity index (χ1v) is 10.6. The summed E-state index contributed by atoms with van der Waals surface area (Å²) in [5.41, 5.74) is -1.06. The Labute approximate surface area is 159 Å². The Morgan fingerprint density at radius 1 is 1.22 bits per heavy atom. The molecule has 2 N–H and O–H groups in total. The molecule has 0 radical (unpaired) electrons. The number of rotatable bonds is 4. The largest absolute Gasteiger partial charge is 0.481 e. The molecule has 3 rings (SSSR count). The first-order valence-electron chi connectivity index (χ1n) is 9.11. The van der Waals surface area contributed by atoms with Crippen molar-refractivity contribution in [2.75, 3.05) is 13.1 Å². The number of likely N-dealkylation sites (tertiary alicyclic amines) is 1. The molecule has 148 valence electrons. The van der Waals surface area contributed by atoms with Gasteiger partial charge in [0.05, 0.1) is 10.3 Å². The Hall–Kier alpha value is -1.93. The number of nitrogens with one attached hydrogen (secondary N) is 1. The lowest BCUT2D eigenvalue weighted by atomic mass is 9.81. The number of carboxylic acids is 1. The van der Waals surface area contributed by atoms with Gasteiger partial charge in [0.15, 0.2) is 0 Å². The molecule has 1 aliphatic carbocycles. The molecule has 1 amide bonds. The van der Waals surface area contributed by atoms with Crippen LogP contribution in [0.2, 0.25) is 0 Å². The van der Waals surface area contributed by atoms with Crippen LogP contribution in [-0.2, 0) is 14.8 Å². The summed E-state index contributed by atoms with van der Waals surface area (Å²) in [4.78, 5) is 26.3. The van der Waals surface area contributed by atoms with E-state index in [1.54, 1.807) is 25.7 Å². The van der Waals surface area contributed by atoms with Crippen molar-refractivity contribution in [1.82, 2.24) is 9.62 Å². The Balaban J connectivity index is 1.77. The molecule has 0 bridgehead atoms. The maximum absolute atomic E-state index is 12.8. The molecule has 1 aromatic rings. The standard InChI is InChI=1S/C19H26N2O5S/c1-18(2,3)20-27(25,26)15-8-6-13(7-9-15)16(22)21-11-14-5-4-10-19(14,12-21)17(23)24/h6-9,14,20H,4-5,10-12H2,1-3H3,(H,23,24)/t14-,19+/m0/s1. The Morgan fingerprint density at radius 2 is 1.85 bits per heavy atom. The fraction of sp³-hybridized carbons (Fsp3) is 0.579. The van der Waals surface area contributed by atoms with Crippen LogP contribution < -0.4 is 4.72 Å². The number of hydrogen-bond acceptors (Lipinski definition) is 4. The SMILES string of the molecule is CC(C)(C)NS(=O)(=O)c1ccc(C(=O)N2C[C@@H]3CCC[C@@]3(C(=O)O)C2)cc1. The molecule has 2 aliphatic rings. The van der Waals surface area contributed by atoms with E-state index in [0.717, 1.165) is 12.8 Å². The van der Waals surface area contributed by atoms with E-state index in [9.17, 15) is 23.1 Å². The Bertz CT molecular complexity index is 857. The highest BCUT2D eigenvalue weighted by molar-refractivity contribution is 7.89. The number of benzene rings is 1. The van der Waals surface area contributed by atoms with E-state index in [1.807, 2.05) is 0 Å². The predicted octanol–water partition coefficient (Wildman–Crippen LogP) is 2.09. The lowest BCUT2D eigenvalue weighted by molar-refractivity contribution is -0.149. The lowest BCUT2D eigenvalue weighted by Gasteiger charge is -2.23. The highest BCUT2D eigenvalue weighted by Crippen LogP contribution is 2.49. The maximum Gasteiger partial charge on any atom is 0.311 e. The molecule has 0 aromatic heterocycles. The van der Waals surface area contributed by atoms with Gasteiger partial charge in [-0.1, -0.05) is 6.42 Å². The molecule has 1 saturated heterocycles. The minimum absolute atomic E-state index is 0.00501. The number of nitrogens with zero attached hydrogens (tertiary/aromatic N) is 1. The average Bonchev–Trinajstić information content (AvgIpc) is 3.10. The molecule has 2 atom stereocenters. The van der Waals surface area contributed by atoms with Crippen LogP contribution in [0.5, 0.6) is 0 Å². The number of hydrogen-bond donors (Lipinski definition) is 2. The predicted molar refractivity (Wildman–Crippen MR) is 99.8 cm³/mol. The summed E-state index contributed by atoms with van der Waals surface area (Å²) in [5.74, 6) is -1.08. The second kappa shape index (κ2) is 6.60. The van der Waals surface area contributed by atoms with Gasteiger partial charge in [-0.25, -0.2) is 13.1 Å². The van der Waals surface area contributed by atoms with E-state index in [0.29, 0.717) is 18.5 Å². The quantitative estimate of drug-likeness (QED) is 0.814. The van der Waals surface area contributed by atoms with Crippen molar-refractivity contribution in [2.45, 2.75) is 50.5 Å². The summed E-state index contributed by atoms with van der Waals surface area (Å²) in [5, 5.41) is 9.65. The first kappa shape index (κ1) is 19.8. The van der Waals surface area contributed by atoms with Crippen LogP contribution in [0.25, 0.3) is 0 Å². The molecular weight excluding hydrogens is 368 g/mol. The van der Waals surface area contributed by atoms with E-state index >= 15 is 0 Å². The number of carbonyl (C=O) groups is 2. The number of carbonyl (C=O) groups excluding carboxylic acids is 1. The number of amides is 1. The van der Waals surface area contributed by atoms with E-state index < -0.39 is 26.9 Å². The summed E-state index contributed by atoms with van der Waals surface area (Å²) < 4.78 is 27.3.